The number of hydrogen-bond acceptors (Lipinski definition) is 6. The summed E-state index contributed by atoms with van der Waals surface area (Å²) >= 11 is 3.08. The van der Waals surface area contributed by atoms with Gasteiger partial charge in [0, 0.05) is 10.3 Å². The van der Waals surface area contributed by atoms with Gasteiger partial charge in [0.15, 0.2) is 0 Å². The fourth-order valence-electron chi connectivity index (χ4n) is 4.09. The van der Waals surface area contributed by atoms with Gasteiger partial charge in [0.2, 0.25) is 5.91 Å². The van der Waals surface area contributed by atoms with Crippen molar-refractivity contribution in [2.24, 2.45) is 0 Å². The van der Waals surface area contributed by atoms with Gasteiger partial charge in [0.25, 0.3) is 5.56 Å². The molecule has 0 saturated carbocycles. The van der Waals surface area contributed by atoms with E-state index in [1.807, 2.05) is 37.3 Å². The second-order valence-corrected chi connectivity index (χ2v) is 9.94. The Hall–Kier alpha value is -2.58. The smallest absolute Gasteiger partial charge is 0.259 e. The van der Waals surface area contributed by atoms with Crippen molar-refractivity contribution in [3.63, 3.8) is 0 Å². The number of benzene rings is 1. The van der Waals surface area contributed by atoms with Gasteiger partial charge in [-0.3, -0.25) is 9.59 Å². The van der Waals surface area contributed by atoms with E-state index in [1.165, 1.54) is 28.6 Å². The van der Waals surface area contributed by atoms with Gasteiger partial charge in [-0.15, -0.1) is 23.1 Å². The maximum atomic E-state index is 12.6. The summed E-state index contributed by atoms with van der Waals surface area (Å²) in [6.07, 6.45) is 4.33. The first-order valence-corrected chi connectivity index (χ1v) is 12.4. The molecule has 6 nitrogen and oxygen atoms in total. The predicted molar refractivity (Wildman–Crippen MR) is 126 cm³/mol. The zero-order chi connectivity index (χ0) is 21.4. The number of carbonyl (C=O) groups excluding carboxylic acids is 1. The van der Waals surface area contributed by atoms with E-state index in [1.54, 1.807) is 11.3 Å². The van der Waals surface area contributed by atoms with E-state index in [9.17, 15) is 9.59 Å². The highest BCUT2D eigenvalue weighted by Gasteiger charge is 2.20. The van der Waals surface area contributed by atoms with Crippen molar-refractivity contribution < 1.29 is 9.21 Å². The number of hydrogen-bond donors (Lipinski definition) is 2. The molecule has 0 aliphatic heterocycles. The minimum Gasteiger partial charge on any atom is -0.459 e. The fraction of sp³-hybridized carbons (Fsp3) is 0.348. The summed E-state index contributed by atoms with van der Waals surface area (Å²) in [5.41, 5.74) is 1.95. The topological polar surface area (TPSA) is 88.0 Å². The molecule has 0 bridgehead atoms. The lowest BCUT2D eigenvalue weighted by atomic mass is 9.97. The van der Waals surface area contributed by atoms with E-state index in [0.717, 1.165) is 46.2 Å². The number of aryl methyl sites for hydroxylation is 2. The monoisotopic (exact) mass is 453 g/mol. The van der Waals surface area contributed by atoms with Crippen molar-refractivity contribution in [1.29, 1.82) is 0 Å². The molecule has 3 aromatic heterocycles. The van der Waals surface area contributed by atoms with Crippen molar-refractivity contribution in [2.45, 2.75) is 44.4 Å². The van der Waals surface area contributed by atoms with Crippen LogP contribution in [0.4, 0.5) is 0 Å². The molecule has 31 heavy (non-hydrogen) atoms. The molecule has 0 spiro atoms. The number of aromatic amines is 1. The first-order chi connectivity index (χ1) is 15.1. The van der Waals surface area contributed by atoms with E-state index < -0.39 is 0 Å². The summed E-state index contributed by atoms with van der Waals surface area (Å²) in [7, 11) is 0. The number of thiophene rings is 1. The van der Waals surface area contributed by atoms with Crippen LogP contribution in [0.25, 0.3) is 21.2 Å². The van der Waals surface area contributed by atoms with Gasteiger partial charge in [0.1, 0.15) is 22.0 Å². The summed E-state index contributed by atoms with van der Waals surface area (Å²) < 4.78 is 5.82. The Balaban J connectivity index is 1.20. The molecule has 1 atom stereocenters. The summed E-state index contributed by atoms with van der Waals surface area (Å²) in [5, 5.41) is 4.76. The number of furan rings is 1. The Kier molecular flexibility index (Phi) is 5.58. The lowest BCUT2D eigenvalue weighted by Gasteiger charge is -2.11. The lowest BCUT2D eigenvalue weighted by molar-refractivity contribution is -0.119. The van der Waals surface area contributed by atoms with E-state index >= 15 is 0 Å². The average molecular weight is 454 g/mol. The number of thioether (sulfide) groups is 1. The van der Waals surface area contributed by atoms with Crippen LogP contribution in [0.15, 0.2) is 39.5 Å². The number of carbonyl (C=O) groups is 1. The quantitative estimate of drug-likeness (QED) is 0.441. The highest BCUT2D eigenvalue weighted by Crippen LogP contribution is 2.33. The SMILES string of the molecule is CC(NC(=O)CSCc1nc2sc3c(c2c(=O)[nH]1)CCCC3)c1cc2ccccc2o1. The summed E-state index contributed by atoms with van der Waals surface area (Å²) in [4.78, 5) is 34.7. The van der Waals surface area contributed by atoms with Crippen molar-refractivity contribution in [1.82, 2.24) is 15.3 Å². The van der Waals surface area contributed by atoms with Gasteiger partial charge >= 0.3 is 0 Å². The Morgan fingerprint density at radius 2 is 2.16 bits per heavy atom. The van der Waals surface area contributed by atoms with E-state index in [2.05, 4.69) is 15.3 Å². The molecule has 4 aromatic rings. The minimum absolute atomic E-state index is 0.0528. The Labute approximate surface area is 187 Å². The number of aromatic nitrogens is 2. The number of nitrogens with one attached hydrogen (secondary N) is 2. The second-order valence-electron chi connectivity index (χ2n) is 7.87. The van der Waals surface area contributed by atoms with Gasteiger partial charge in [-0.1, -0.05) is 18.2 Å². The Bertz CT molecular complexity index is 1290. The first kappa shape index (κ1) is 20.3. The molecule has 1 aliphatic rings. The molecule has 1 aliphatic carbocycles. The predicted octanol–water partition coefficient (Wildman–Crippen LogP) is 4.72. The number of rotatable bonds is 6. The molecule has 5 rings (SSSR count). The largest absolute Gasteiger partial charge is 0.459 e. The summed E-state index contributed by atoms with van der Waals surface area (Å²) in [6, 6.07) is 9.53. The molecule has 0 fully saturated rings. The normalized spacial score (nSPS) is 14.6. The number of amides is 1. The van der Waals surface area contributed by atoms with Crippen LogP contribution in [0, 0.1) is 0 Å². The molecule has 0 saturated heterocycles. The Morgan fingerprint density at radius 1 is 1.32 bits per heavy atom. The van der Waals surface area contributed by atoms with Crippen LogP contribution in [-0.4, -0.2) is 21.6 Å². The third kappa shape index (κ3) is 4.14. The van der Waals surface area contributed by atoms with E-state index in [4.69, 9.17) is 4.42 Å². The molecule has 1 amide bonds. The van der Waals surface area contributed by atoms with Gasteiger partial charge < -0.3 is 14.7 Å². The second kappa shape index (κ2) is 8.51. The maximum absolute atomic E-state index is 12.6. The summed E-state index contributed by atoms with van der Waals surface area (Å²) in [6.45, 7) is 1.91. The third-order valence-electron chi connectivity index (χ3n) is 5.59. The highest BCUT2D eigenvalue weighted by molar-refractivity contribution is 7.99. The highest BCUT2D eigenvalue weighted by atomic mass is 32.2. The molecule has 8 heteroatoms. The van der Waals surface area contributed by atoms with E-state index in [0.29, 0.717) is 11.6 Å². The van der Waals surface area contributed by atoms with Crippen LogP contribution in [-0.2, 0) is 23.4 Å². The maximum Gasteiger partial charge on any atom is 0.259 e. The molecule has 3 heterocycles. The molecular formula is C23H23N3O3S2. The number of fused-ring (bicyclic) bond motifs is 4. The molecule has 1 aromatic carbocycles. The van der Waals surface area contributed by atoms with Crippen molar-refractivity contribution in [2.75, 3.05) is 5.75 Å². The third-order valence-corrected chi connectivity index (χ3v) is 7.72. The van der Waals surface area contributed by atoms with Crippen LogP contribution in [0.2, 0.25) is 0 Å². The van der Waals surface area contributed by atoms with Gasteiger partial charge in [0.05, 0.1) is 22.9 Å². The van der Waals surface area contributed by atoms with Crippen molar-refractivity contribution in [3.8, 4) is 0 Å². The zero-order valence-corrected chi connectivity index (χ0v) is 18.8. The van der Waals surface area contributed by atoms with Crippen LogP contribution in [0.1, 0.15) is 47.8 Å². The van der Waals surface area contributed by atoms with Gasteiger partial charge in [-0.25, -0.2) is 4.98 Å². The molecule has 2 N–H and O–H groups in total. The van der Waals surface area contributed by atoms with Crippen LogP contribution in [0.3, 0.4) is 0 Å². The van der Waals surface area contributed by atoms with Crippen molar-refractivity contribution in [3.05, 3.63) is 62.7 Å². The fourth-order valence-corrected chi connectivity index (χ4v) is 6.07. The molecule has 0 radical (unpaired) electrons. The zero-order valence-electron chi connectivity index (χ0n) is 17.2. The number of H-pyrrole nitrogens is 1. The minimum atomic E-state index is -0.216. The molecule has 1 unspecified atom stereocenters. The van der Waals surface area contributed by atoms with Crippen LogP contribution in [0.5, 0.6) is 0 Å². The van der Waals surface area contributed by atoms with Gasteiger partial charge in [-0.05, 0) is 50.3 Å². The standard InChI is InChI=1S/C23H23N3O3S2/c1-13(17-10-14-6-2-4-8-16(14)29-17)24-20(27)12-30-11-19-25-22(28)21-15-7-3-5-9-18(15)31-23(21)26-19/h2,4,6,8,10,13H,3,5,7,9,11-12H2,1H3,(H,24,27)(H,25,26,28). The molecular weight excluding hydrogens is 430 g/mol. The Morgan fingerprint density at radius 3 is 3.03 bits per heavy atom. The summed E-state index contributed by atoms with van der Waals surface area (Å²) in [5.74, 6) is 2.05. The first-order valence-electron chi connectivity index (χ1n) is 10.5. The van der Waals surface area contributed by atoms with Crippen LogP contribution < -0.4 is 10.9 Å². The average Bonchev–Trinajstić information content (AvgIpc) is 3.35. The number of para-hydroxylation sites is 1. The van der Waals surface area contributed by atoms with Crippen molar-refractivity contribution >= 4 is 50.2 Å². The lowest BCUT2D eigenvalue weighted by Crippen LogP contribution is -2.28. The number of nitrogens with zero attached hydrogens (tertiary/aromatic N) is 1. The van der Waals surface area contributed by atoms with Gasteiger partial charge in [-0.2, -0.15) is 0 Å². The van der Waals surface area contributed by atoms with E-state index in [-0.39, 0.29) is 23.3 Å². The molecule has 160 valence electrons. The van der Waals surface area contributed by atoms with Crippen LogP contribution >= 0.6 is 23.1 Å².